The van der Waals surface area contributed by atoms with E-state index in [2.05, 4.69) is 34.0 Å². The van der Waals surface area contributed by atoms with E-state index in [-0.39, 0.29) is 0 Å². The molecular weight excluding hydrogens is 260 g/mol. The van der Waals surface area contributed by atoms with Gasteiger partial charge in [-0.05, 0) is 31.7 Å². The number of hydrogen-bond acceptors (Lipinski definition) is 4. The standard InChI is InChI=1S/C14H23ClN4/c1-11(2)7-16-8-12-5-3-4-6-19(12)14-13(15)9-17-10-18-14/h9-12,16H,3-8H2,1-2H3. The minimum atomic E-state index is 0.486. The number of halogens is 1. The van der Waals surface area contributed by atoms with Crippen LogP contribution in [0.3, 0.4) is 0 Å². The Bertz CT molecular complexity index is 397. The summed E-state index contributed by atoms with van der Waals surface area (Å²) in [6.07, 6.45) is 6.95. The largest absolute Gasteiger partial charge is 0.351 e. The first kappa shape index (κ1) is 14.5. The third-order valence-electron chi connectivity index (χ3n) is 3.48. The molecule has 2 heterocycles. The molecule has 0 spiro atoms. The van der Waals surface area contributed by atoms with Gasteiger partial charge >= 0.3 is 0 Å². The number of piperidine rings is 1. The van der Waals surface area contributed by atoms with Crippen LogP contribution < -0.4 is 10.2 Å². The first-order valence-corrected chi connectivity index (χ1v) is 7.49. The highest BCUT2D eigenvalue weighted by Crippen LogP contribution is 2.28. The molecule has 1 unspecified atom stereocenters. The Kier molecular flexibility index (Phi) is 5.40. The molecule has 4 nitrogen and oxygen atoms in total. The molecule has 0 aromatic carbocycles. The molecule has 0 saturated carbocycles. The second-order valence-corrected chi connectivity index (χ2v) is 6.00. The van der Waals surface area contributed by atoms with Crippen LogP contribution >= 0.6 is 11.6 Å². The van der Waals surface area contributed by atoms with Gasteiger partial charge in [-0.3, -0.25) is 0 Å². The second-order valence-electron chi connectivity index (χ2n) is 5.59. The summed E-state index contributed by atoms with van der Waals surface area (Å²) in [6, 6.07) is 0.486. The highest BCUT2D eigenvalue weighted by atomic mass is 35.5. The molecule has 0 bridgehead atoms. The molecule has 1 saturated heterocycles. The third-order valence-corrected chi connectivity index (χ3v) is 3.75. The van der Waals surface area contributed by atoms with E-state index in [0.29, 0.717) is 17.0 Å². The molecule has 1 N–H and O–H groups in total. The van der Waals surface area contributed by atoms with Gasteiger partial charge in [0.25, 0.3) is 0 Å². The number of hydrogen-bond donors (Lipinski definition) is 1. The van der Waals surface area contributed by atoms with E-state index in [1.165, 1.54) is 19.3 Å². The molecular formula is C14H23ClN4. The van der Waals surface area contributed by atoms with Crippen molar-refractivity contribution in [2.75, 3.05) is 24.5 Å². The maximum Gasteiger partial charge on any atom is 0.151 e. The predicted molar refractivity (Wildman–Crippen MR) is 79.7 cm³/mol. The zero-order valence-corrected chi connectivity index (χ0v) is 12.5. The third kappa shape index (κ3) is 4.05. The van der Waals surface area contributed by atoms with Gasteiger partial charge in [-0.1, -0.05) is 25.4 Å². The fraction of sp³-hybridized carbons (Fsp3) is 0.714. The van der Waals surface area contributed by atoms with E-state index >= 15 is 0 Å². The summed E-state index contributed by atoms with van der Waals surface area (Å²) >= 11 is 6.22. The zero-order valence-electron chi connectivity index (χ0n) is 11.8. The maximum absolute atomic E-state index is 6.22. The first-order chi connectivity index (χ1) is 9.18. The molecule has 1 aliphatic heterocycles. The minimum absolute atomic E-state index is 0.486. The van der Waals surface area contributed by atoms with Crippen molar-refractivity contribution in [2.24, 2.45) is 5.92 Å². The van der Waals surface area contributed by atoms with Crippen molar-refractivity contribution >= 4 is 17.4 Å². The highest BCUT2D eigenvalue weighted by Gasteiger charge is 2.24. The summed E-state index contributed by atoms with van der Waals surface area (Å²) in [6.45, 7) is 7.55. The Morgan fingerprint density at radius 1 is 1.47 bits per heavy atom. The fourth-order valence-corrected chi connectivity index (χ4v) is 2.76. The van der Waals surface area contributed by atoms with Crippen molar-refractivity contribution in [3.63, 3.8) is 0 Å². The molecule has 106 valence electrons. The van der Waals surface area contributed by atoms with E-state index in [1.807, 2.05) is 0 Å². The molecule has 2 rings (SSSR count). The van der Waals surface area contributed by atoms with Gasteiger partial charge in [-0.2, -0.15) is 0 Å². The summed E-state index contributed by atoms with van der Waals surface area (Å²) in [5.41, 5.74) is 0. The number of anilines is 1. The van der Waals surface area contributed by atoms with Crippen LogP contribution in [0.25, 0.3) is 0 Å². The molecule has 0 amide bonds. The Morgan fingerprint density at radius 3 is 3.05 bits per heavy atom. The first-order valence-electron chi connectivity index (χ1n) is 7.11. The highest BCUT2D eigenvalue weighted by molar-refractivity contribution is 6.32. The lowest BCUT2D eigenvalue weighted by Crippen LogP contribution is -2.46. The van der Waals surface area contributed by atoms with Gasteiger partial charge in [0.05, 0.1) is 6.20 Å². The second kappa shape index (κ2) is 7.06. The van der Waals surface area contributed by atoms with Crippen LogP contribution in [0, 0.1) is 5.92 Å². The fourth-order valence-electron chi connectivity index (χ4n) is 2.55. The molecule has 1 atom stereocenters. The smallest absolute Gasteiger partial charge is 0.151 e. The summed E-state index contributed by atoms with van der Waals surface area (Å²) in [5.74, 6) is 1.56. The summed E-state index contributed by atoms with van der Waals surface area (Å²) < 4.78 is 0. The van der Waals surface area contributed by atoms with Gasteiger partial charge in [0.2, 0.25) is 0 Å². The van der Waals surface area contributed by atoms with E-state index in [0.717, 1.165) is 25.5 Å². The van der Waals surface area contributed by atoms with Crippen LogP contribution in [0.4, 0.5) is 5.82 Å². The SMILES string of the molecule is CC(C)CNCC1CCCCN1c1ncncc1Cl. The lowest BCUT2D eigenvalue weighted by molar-refractivity contribution is 0.420. The van der Waals surface area contributed by atoms with E-state index < -0.39 is 0 Å². The Morgan fingerprint density at radius 2 is 2.32 bits per heavy atom. The lowest BCUT2D eigenvalue weighted by atomic mass is 10.0. The molecule has 0 aliphatic carbocycles. The van der Waals surface area contributed by atoms with Crippen molar-refractivity contribution < 1.29 is 0 Å². The maximum atomic E-state index is 6.22. The molecule has 1 aromatic heterocycles. The summed E-state index contributed by atoms with van der Waals surface area (Å²) in [5, 5.41) is 4.20. The monoisotopic (exact) mass is 282 g/mol. The van der Waals surface area contributed by atoms with Gasteiger partial charge in [0, 0.05) is 19.1 Å². The van der Waals surface area contributed by atoms with Crippen LogP contribution in [0.1, 0.15) is 33.1 Å². The summed E-state index contributed by atoms with van der Waals surface area (Å²) in [7, 11) is 0. The van der Waals surface area contributed by atoms with Crippen LogP contribution in [0.2, 0.25) is 5.02 Å². The quantitative estimate of drug-likeness (QED) is 0.902. The molecule has 1 fully saturated rings. The van der Waals surface area contributed by atoms with Crippen LogP contribution in [-0.4, -0.2) is 35.6 Å². The van der Waals surface area contributed by atoms with Crippen LogP contribution in [-0.2, 0) is 0 Å². The van der Waals surface area contributed by atoms with Crippen molar-refractivity contribution in [3.05, 3.63) is 17.5 Å². The van der Waals surface area contributed by atoms with E-state index in [1.54, 1.807) is 12.5 Å². The lowest BCUT2D eigenvalue weighted by Gasteiger charge is -2.37. The predicted octanol–water partition coefficient (Wildman–Crippen LogP) is 2.73. The number of rotatable bonds is 5. The van der Waals surface area contributed by atoms with Crippen molar-refractivity contribution in [1.29, 1.82) is 0 Å². The van der Waals surface area contributed by atoms with Gasteiger partial charge in [0.1, 0.15) is 11.3 Å². The Labute approximate surface area is 120 Å². The van der Waals surface area contributed by atoms with Crippen molar-refractivity contribution in [1.82, 2.24) is 15.3 Å². The average Bonchev–Trinajstić information content (AvgIpc) is 2.40. The topological polar surface area (TPSA) is 41.0 Å². The minimum Gasteiger partial charge on any atom is -0.351 e. The molecule has 19 heavy (non-hydrogen) atoms. The van der Waals surface area contributed by atoms with Crippen molar-refractivity contribution in [3.8, 4) is 0 Å². The number of nitrogens with one attached hydrogen (secondary N) is 1. The van der Waals surface area contributed by atoms with E-state index in [4.69, 9.17) is 11.6 Å². The zero-order chi connectivity index (χ0) is 13.7. The van der Waals surface area contributed by atoms with Gasteiger partial charge in [-0.25, -0.2) is 9.97 Å². The van der Waals surface area contributed by atoms with E-state index in [9.17, 15) is 0 Å². The summed E-state index contributed by atoms with van der Waals surface area (Å²) in [4.78, 5) is 10.6. The van der Waals surface area contributed by atoms with Crippen LogP contribution in [0.15, 0.2) is 12.5 Å². The number of nitrogens with zero attached hydrogens (tertiary/aromatic N) is 3. The normalized spacial score (nSPS) is 20.0. The van der Waals surface area contributed by atoms with Gasteiger partial charge in [-0.15, -0.1) is 0 Å². The van der Waals surface area contributed by atoms with Gasteiger partial charge in [0.15, 0.2) is 5.82 Å². The molecule has 1 aromatic rings. The molecule has 0 radical (unpaired) electrons. The Hall–Kier alpha value is -0.870. The number of aromatic nitrogens is 2. The van der Waals surface area contributed by atoms with Crippen molar-refractivity contribution in [2.45, 2.75) is 39.2 Å². The van der Waals surface area contributed by atoms with Gasteiger partial charge < -0.3 is 10.2 Å². The molecule has 1 aliphatic rings. The average molecular weight is 283 g/mol. The van der Waals surface area contributed by atoms with Crippen LogP contribution in [0.5, 0.6) is 0 Å². The Balaban J connectivity index is 2.02. The molecule has 5 heteroatoms.